The van der Waals surface area contributed by atoms with Crippen LogP contribution in [0.25, 0.3) is 6.08 Å². The molecular formula is C21H19ClN2O3S. The Morgan fingerprint density at radius 1 is 1.21 bits per heavy atom. The summed E-state index contributed by atoms with van der Waals surface area (Å²) in [5.41, 5.74) is 1.88. The van der Waals surface area contributed by atoms with Crippen LogP contribution in [0.1, 0.15) is 29.8 Å². The van der Waals surface area contributed by atoms with Gasteiger partial charge in [0.15, 0.2) is 5.17 Å². The number of hydrogen-bond acceptors (Lipinski definition) is 5. The molecule has 3 rings (SSSR count). The standard InChI is InChI=1S/C21H19ClN2O3S/c1-13(2)27-20(26)15-5-4-6-17(12-15)23-21-24(3)19(25)18(28-21)11-14-7-9-16(22)10-8-14/h4-13H,1-3H3/b18-11+,23-21?. The molecule has 1 heterocycles. The number of nitrogens with zero attached hydrogens (tertiary/aromatic N) is 2. The van der Waals surface area contributed by atoms with Gasteiger partial charge in [0.25, 0.3) is 5.91 Å². The van der Waals surface area contributed by atoms with Crippen LogP contribution in [0.2, 0.25) is 5.02 Å². The molecule has 1 aliphatic heterocycles. The Kier molecular flexibility index (Phi) is 6.21. The second kappa shape index (κ2) is 8.63. The van der Waals surface area contributed by atoms with Crippen molar-refractivity contribution in [2.24, 2.45) is 4.99 Å². The molecular weight excluding hydrogens is 396 g/mol. The summed E-state index contributed by atoms with van der Waals surface area (Å²) in [5.74, 6) is -0.530. The monoisotopic (exact) mass is 414 g/mol. The van der Waals surface area contributed by atoms with E-state index in [1.54, 1.807) is 63.4 Å². The lowest BCUT2D eigenvalue weighted by Gasteiger charge is -2.09. The lowest BCUT2D eigenvalue weighted by Crippen LogP contribution is -2.23. The summed E-state index contributed by atoms with van der Waals surface area (Å²) in [4.78, 5) is 31.2. The van der Waals surface area contributed by atoms with E-state index >= 15 is 0 Å². The predicted octanol–water partition coefficient (Wildman–Crippen LogP) is 5.14. The van der Waals surface area contributed by atoms with Crippen LogP contribution >= 0.6 is 23.4 Å². The first-order valence-electron chi connectivity index (χ1n) is 8.66. The summed E-state index contributed by atoms with van der Waals surface area (Å²) in [7, 11) is 1.67. The highest BCUT2D eigenvalue weighted by molar-refractivity contribution is 8.18. The summed E-state index contributed by atoms with van der Waals surface area (Å²) in [6.07, 6.45) is 1.61. The van der Waals surface area contributed by atoms with Crippen molar-refractivity contribution in [3.8, 4) is 0 Å². The van der Waals surface area contributed by atoms with Crippen LogP contribution in [0.15, 0.2) is 58.4 Å². The number of amides is 1. The number of thioether (sulfide) groups is 1. The van der Waals surface area contributed by atoms with Gasteiger partial charge in [0.2, 0.25) is 0 Å². The van der Waals surface area contributed by atoms with Gasteiger partial charge in [-0.1, -0.05) is 29.8 Å². The molecule has 0 atom stereocenters. The fourth-order valence-corrected chi connectivity index (χ4v) is 3.57. The zero-order chi connectivity index (χ0) is 20.3. The van der Waals surface area contributed by atoms with Crippen LogP contribution in [-0.2, 0) is 9.53 Å². The molecule has 2 aromatic carbocycles. The first-order chi connectivity index (χ1) is 13.3. The van der Waals surface area contributed by atoms with Crippen LogP contribution in [0, 0.1) is 0 Å². The van der Waals surface area contributed by atoms with E-state index in [1.165, 1.54) is 16.7 Å². The van der Waals surface area contributed by atoms with Crippen molar-refractivity contribution in [3.05, 3.63) is 69.6 Å². The van der Waals surface area contributed by atoms with Crippen molar-refractivity contribution in [3.63, 3.8) is 0 Å². The van der Waals surface area contributed by atoms with Gasteiger partial charge in [-0.25, -0.2) is 9.79 Å². The van der Waals surface area contributed by atoms with Gasteiger partial charge in [0.05, 0.1) is 22.3 Å². The molecule has 144 valence electrons. The van der Waals surface area contributed by atoms with E-state index in [2.05, 4.69) is 4.99 Å². The molecule has 1 saturated heterocycles. The zero-order valence-corrected chi connectivity index (χ0v) is 17.3. The highest BCUT2D eigenvalue weighted by Crippen LogP contribution is 2.33. The molecule has 0 bridgehead atoms. The highest BCUT2D eigenvalue weighted by atomic mass is 35.5. The van der Waals surface area contributed by atoms with Crippen molar-refractivity contribution < 1.29 is 14.3 Å². The topological polar surface area (TPSA) is 59.0 Å². The van der Waals surface area contributed by atoms with Crippen LogP contribution in [-0.4, -0.2) is 35.1 Å². The number of halogens is 1. The molecule has 28 heavy (non-hydrogen) atoms. The van der Waals surface area contributed by atoms with Gasteiger partial charge >= 0.3 is 5.97 Å². The molecule has 0 radical (unpaired) electrons. The number of carbonyl (C=O) groups excluding carboxylic acids is 2. The van der Waals surface area contributed by atoms with E-state index in [9.17, 15) is 9.59 Å². The van der Waals surface area contributed by atoms with E-state index in [4.69, 9.17) is 16.3 Å². The van der Waals surface area contributed by atoms with Crippen molar-refractivity contribution in [2.45, 2.75) is 20.0 Å². The fourth-order valence-electron chi connectivity index (χ4n) is 2.46. The zero-order valence-electron chi connectivity index (χ0n) is 15.7. The Balaban J connectivity index is 1.84. The first kappa shape index (κ1) is 20.2. The number of ether oxygens (including phenoxy) is 1. The summed E-state index contributed by atoms with van der Waals surface area (Å²) in [6.45, 7) is 3.60. The average molecular weight is 415 g/mol. The van der Waals surface area contributed by atoms with Crippen LogP contribution in [0.3, 0.4) is 0 Å². The minimum atomic E-state index is -0.399. The number of benzene rings is 2. The lowest BCUT2D eigenvalue weighted by atomic mass is 10.2. The van der Waals surface area contributed by atoms with E-state index in [0.717, 1.165) is 5.56 Å². The van der Waals surface area contributed by atoms with Crippen molar-refractivity contribution in [1.82, 2.24) is 4.90 Å². The number of hydrogen-bond donors (Lipinski definition) is 0. The maximum absolute atomic E-state index is 12.5. The number of carbonyl (C=O) groups is 2. The molecule has 0 N–H and O–H groups in total. The molecule has 1 aliphatic rings. The molecule has 0 spiro atoms. The smallest absolute Gasteiger partial charge is 0.338 e. The third-order valence-electron chi connectivity index (χ3n) is 3.82. The molecule has 0 aliphatic carbocycles. The number of likely N-dealkylation sites (N-methyl/N-ethyl adjacent to an activating group) is 1. The van der Waals surface area contributed by atoms with Gasteiger partial charge in [-0.2, -0.15) is 0 Å². The molecule has 1 amide bonds. The predicted molar refractivity (Wildman–Crippen MR) is 114 cm³/mol. The van der Waals surface area contributed by atoms with E-state index < -0.39 is 5.97 Å². The van der Waals surface area contributed by atoms with Crippen molar-refractivity contribution >= 4 is 52.2 Å². The lowest BCUT2D eigenvalue weighted by molar-refractivity contribution is -0.121. The van der Waals surface area contributed by atoms with Gasteiger partial charge in [-0.05, 0) is 67.6 Å². The molecule has 5 nitrogen and oxygen atoms in total. The molecule has 0 saturated carbocycles. The van der Waals surface area contributed by atoms with Crippen LogP contribution in [0.4, 0.5) is 5.69 Å². The van der Waals surface area contributed by atoms with Gasteiger partial charge in [0, 0.05) is 12.1 Å². The Bertz CT molecular complexity index is 968. The number of esters is 1. The Hall–Kier alpha value is -2.57. The quantitative estimate of drug-likeness (QED) is 0.513. The largest absolute Gasteiger partial charge is 0.459 e. The van der Waals surface area contributed by atoms with Gasteiger partial charge in [-0.3, -0.25) is 9.69 Å². The van der Waals surface area contributed by atoms with E-state index in [0.29, 0.717) is 26.3 Å². The molecule has 2 aromatic rings. The maximum Gasteiger partial charge on any atom is 0.338 e. The molecule has 0 aromatic heterocycles. The summed E-state index contributed by atoms with van der Waals surface area (Å²) >= 11 is 7.19. The van der Waals surface area contributed by atoms with Crippen LogP contribution < -0.4 is 0 Å². The second-order valence-corrected chi connectivity index (χ2v) is 7.87. The van der Waals surface area contributed by atoms with Crippen molar-refractivity contribution in [1.29, 1.82) is 0 Å². The normalized spacial score (nSPS) is 17.0. The molecule has 1 fully saturated rings. The SMILES string of the molecule is CC(C)OC(=O)c1cccc(N=C2S/C(=C/c3ccc(Cl)cc3)C(=O)N2C)c1. The highest BCUT2D eigenvalue weighted by Gasteiger charge is 2.30. The van der Waals surface area contributed by atoms with E-state index in [-0.39, 0.29) is 12.0 Å². The first-order valence-corrected chi connectivity index (χ1v) is 9.86. The van der Waals surface area contributed by atoms with Gasteiger partial charge < -0.3 is 4.74 Å². The van der Waals surface area contributed by atoms with Crippen molar-refractivity contribution in [2.75, 3.05) is 7.05 Å². The average Bonchev–Trinajstić information content (AvgIpc) is 2.91. The number of rotatable bonds is 4. The minimum Gasteiger partial charge on any atom is -0.459 e. The summed E-state index contributed by atoms with van der Waals surface area (Å²) in [6, 6.07) is 14.1. The fraction of sp³-hybridized carbons (Fsp3) is 0.190. The molecule has 7 heteroatoms. The van der Waals surface area contributed by atoms with Gasteiger partial charge in [-0.15, -0.1) is 0 Å². The summed E-state index contributed by atoms with van der Waals surface area (Å²) < 4.78 is 5.22. The minimum absolute atomic E-state index is 0.130. The third-order valence-corrected chi connectivity index (χ3v) is 5.13. The number of amidine groups is 1. The second-order valence-electron chi connectivity index (χ2n) is 6.43. The third kappa shape index (κ3) is 4.82. The molecule has 0 unspecified atom stereocenters. The van der Waals surface area contributed by atoms with Crippen LogP contribution in [0.5, 0.6) is 0 Å². The number of aliphatic imine (C=N–C) groups is 1. The van der Waals surface area contributed by atoms with E-state index in [1.807, 2.05) is 12.1 Å². The Morgan fingerprint density at radius 2 is 1.93 bits per heavy atom. The van der Waals surface area contributed by atoms with Gasteiger partial charge in [0.1, 0.15) is 0 Å². The Morgan fingerprint density at radius 3 is 2.61 bits per heavy atom. The summed E-state index contributed by atoms with van der Waals surface area (Å²) in [5, 5.41) is 1.18. The Labute approximate surface area is 173 Å². The maximum atomic E-state index is 12.5.